The number of rotatable bonds is 2. The van der Waals surface area contributed by atoms with Crippen molar-refractivity contribution in [1.29, 1.82) is 0 Å². The standard InChI is InChI=1S/C12H9N3O3S/c16-12-8-6-7(15(17)18)3-4-9(8)13-11(14-12)10-2-1-5-19-10/h1-6,11,13H,(H,14,16). The lowest BCUT2D eigenvalue weighted by Crippen LogP contribution is -2.38. The van der Waals surface area contributed by atoms with Crippen LogP contribution in [0.1, 0.15) is 21.4 Å². The highest BCUT2D eigenvalue weighted by Gasteiger charge is 2.26. The predicted octanol–water partition coefficient (Wildman–Crippen LogP) is 2.51. The van der Waals surface area contributed by atoms with E-state index in [9.17, 15) is 14.9 Å². The molecule has 0 fully saturated rings. The minimum atomic E-state index is -0.515. The predicted molar refractivity (Wildman–Crippen MR) is 71.2 cm³/mol. The summed E-state index contributed by atoms with van der Waals surface area (Å²) in [4.78, 5) is 23.2. The van der Waals surface area contributed by atoms with E-state index in [2.05, 4.69) is 10.6 Å². The number of thiophene rings is 1. The quantitative estimate of drug-likeness (QED) is 0.651. The molecule has 1 aliphatic heterocycles. The third-order valence-corrected chi connectivity index (χ3v) is 3.80. The number of amides is 1. The summed E-state index contributed by atoms with van der Waals surface area (Å²) < 4.78 is 0. The van der Waals surface area contributed by atoms with Gasteiger partial charge in [0, 0.05) is 22.7 Å². The Morgan fingerprint density at radius 2 is 2.11 bits per heavy atom. The summed E-state index contributed by atoms with van der Waals surface area (Å²) in [6, 6.07) is 8.04. The highest BCUT2D eigenvalue weighted by Crippen LogP contribution is 2.30. The second kappa shape index (κ2) is 4.36. The van der Waals surface area contributed by atoms with Crippen LogP contribution in [-0.2, 0) is 0 Å². The SMILES string of the molecule is O=C1NC(c2cccs2)Nc2ccc([N+](=O)[O-])cc21. The van der Waals surface area contributed by atoms with Crippen LogP contribution in [0, 0.1) is 10.1 Å². The Morgan fingerprint density at radius 1 is 1.26 bits per heavy atom. The molecule has 1 aromatic heterocycles. The van der Waals surface area contributed by atoms with Crippen LogP contribution in [0.4, 0.5) is 11.4 Å². The lowest BCUT2D eigenvalue weighted by atomic mass is 10.1. The number of nitrogens with one attached hydrogen (secondary N) is 2. The maximum absolute atomic E-state index is 12.0. The normalized spacial score (nSPS) is 17.3. The summed E-state index contributed by atoms with van der Waals surface area (Å²) in [6.07, 6.45) is -0.290. The van der Waals surface area contributed by atoms with E-state index in [0.29, 0.717) is 11.3 Å². The van der Waals surface area contributed by atoms with Crippen molar-refractivity contribution in [3.05, 3.63) is 56.3 Å². The molecule has 0 aliphatic carbocycles. The van der Waals surface area contributed by atoms with Crippen molar-refractivity contribution in [2.24, 2.45) is 0 Å². The average Bonchev–Trinajstić information content (AvgIpc) is 2.92. The fraction of sp³-hybridized carbons (Fsp3) is 0.0833. The summed E-state index contributed by atoms with van der Waals surface area (Å²) in [7, 11) is 0. The Hall–Kier alpha value is -2.41. The molecule has 96 valence electrons. The van der Waals surface area contributed by atoms with Crippen LogP contribution < -0.4 is 10.6 Å². The van der Waals surface area contributed by atoms with Crippen LogP contribution in [0.25, 0.3) is 0 Å². The first-order valence-corrected chi connectivity index (χ1v) is 6.42. The molecule has 2 aromatic rings. The molecule has 3 rings (SSSR count). The van der Waals surface area contributed by atoms with E-state index in [1.807, 2.05) is 17.5 Å². The molecule has 1 unspecified atom stereocenters. The molecule has 0 bridgehead atoms. The largest absolute Gasteiger partial charge is 0.360 e. The molecule has 1 atom stereocenters. The lowest BCUT2D eigenvalue weighted by molar-refractivity contribution is -0.384. The molecule has 0 radical (unpaired) electrons. The van der Waals surface area contributed by atoms with Gasteiger partial charge in [-0.15, -0.1) is 11.3 Å². The van der Waals surface area contributed by atoms with Gasteiger partial charge in [0.15, 0.2) is 0 Å². The number of hydrogen-bond donors (Lipinski definition) is 2. The number of non-ortho nitro benzene ring substituents is 1. The van der Waals surface area contributed by atoms with Gasteiger partial charge in [-0.1, -0.05) is 6.07 Å². The van der Waals surface area contributed by atoms with Gasteiger partial charge < -0.3 is 10.6 Å². The van der Waals surface area contributed by atoms with E-state index >= 15 is 0 Å². The number of fused-ring (bicyclic) bond motifs is 1. The van der Waals surface area contributed by atoms with Crippen molar-refractivity contribution < 1.29 is 9.72 Å². The summed E-state index contributed by atoms with van der Waals surface area (Å²) in [5.41, 5.74) is 0.806. The Balaban J connectivity index is 1.97. The van der Waals surface area contributed by atoms with Crippen molar-refractivity contribution in [2.45, 2.75) is 6.17 Å². The van der Waals surface area contributed by atoms with E-state index in [-0.39, 0.29) is 17.8 Å². The van der Waals surface area contributed by atoms with Gasteiger partial charge in [-0.05, 0) is 17.5 Å². The van der Waals surface area contributed by atoms with Gasteiger partial charge in [-0.25, -0.2) is 0 Å². The van der Waals surface area contributed by atoms with Gasteiger partial charge in [0.1, 0.15) is 6.17 Å². The van der Waals surface area contributed by atoms with Crippen molar-refractivity contribution in [3.63, 3.8) is 0 Å². The Labute approximate surface area is 112 Å². The van der Waals surface area contributed by atoms with Crippen LogP contribution in [0.3, 0.4) is 0 Å². The molecule has 0 spiro atoms. The third-order valence-electron chi connectivity index (χ3n) is 2.86. The second-order valence-corrected chi connectivity index (χ2v) is 5.03. The second-order valence-electron chi connectivity index (χ2n) is 4.05. The maximum atomic E-state index is 12.0. The van der Waals surface area contributed by atoms with Gasteiger partial charge in [-0.2, -0.15) is 0 Å². The van der Waals surface area contributed by atoms with E-state index in [4.69, 9.17) is 0 Å². The van der Waals surface area contributed by atoms with E-state index in [1.54, 1.807) is 6.07 Å². The molecule has 0 saturated heterocycles. The van der Waals surface area contributed by atoms with Crippen LogP contribution in [0.15, 0.2) is 35.7 Å². The number of anilines is 1. The Morgan fingerprint density at radius 3 is 2.79 bits per heavy atom. The number of nitrogens with zero attached hydrogens (tertiary/aromatic N) is 1. The third kappa shape index (κ3) is 2.04. The topological polar surface area (TPSA) is 84.3 Å². The smallest absolute Gasteiger partial charge is 0.270 e. The number of hydrogen-bond acceptors (Lipinski definition) is 5. The van der Waals surface area contributed by atoms with Gasteiger partial charge >= 0.3 is 0 Å². The number of nitro groups is 1. The summed E-state index contributed by atoms with van der Waals surface area (Å²) in [6.45, 7) is 0. The van der Waals surface area contributed by atoms with E-state index in [0.717, 1.165) is 4.88 Å². The summed E-state index contributed by atoms with van der Waals surface area (Å²) in [5.74, 6) is -0.309. The summed E-state index contributed by atoms with van der Waals surface area (Å²) >= 11 is 1.53. The molecule has 1 amide bonds. The van der Waals surface area contributed by atoms with Crippen LogP contribution in [0.2, 0.25) is 0 Å². The zero-order valence-corrected chi connectivity index (χ0v) is 10.4. The molecular weight excluding hydrogens is 266 g/mol. The van der Waals surface area contributed by atoms with Gasteiger partial charge in [0.25, 0.3) is 11.6 Å². The van der Waals surface area contributed by atoms with Crippen LogP contribution in [0.5, 0.6) is 0 Å². The fourth-order valence-electron chi connectivity index (χ4n) is 1.96. The van der Waals surface area contributed by atoms with E-state index < -0.39 is 4.92 Å². The number of carbonyl (C=O) groups excluding carboxylic acids is 1. The molecule has 19 heavy (non-hydrogen) atoms. The molecular formula is C12H9N3O3S. The molecule has 0 saturated carbocycles. The number of nitro benzene ring substituents is 1. The highest BCUT2D eigenvalue weighted by atomic mass is 32.1. The number of carbonyl (C=O) groups is 1. The molecule has 1 aromatic carbocycles. The zero-order valence-electron chi connectivity index (χ0n) is 9.62. The van der Waals surface area contributed by atoms with Crippen molar-refractivity contribution in [2.75, 3.05) is 5.32 Å². The van der Waals surface area contributed by atoms with Gasteiger partial charge in [0.05, 0.1) is 10.5 Å². The van der Waals surface area contributed by atoms with Gasteiger partial charge in [-0.3, -0.25) is 14.9 Å². The van der Waals surface area contributed by atoms with Crippen LogP contribution in [-0.4, -0.2) is 10.8 Å². The lowest BCUT2D eigenvalue weighted by Gasteiger charge is -2.26. The molecule has 2 heterocycles. The maximum Gasteiger partial charge on any atom is 0.270 e. The molecule has 2 N–H and O–H groups in total. The van der Waals surface area contributed by atoms with Crippen molar-refractivity contribution >= 4 is 28.6 Å². The van der Waals surface area contributed by atoms with Crippen molar-refractivity contribution in [3.8, 4) is 0 Å². The number of benzene rings is 1. The summed E-state index contributed by atoms with van der Waals surface area (Å²) in [5, 5.41) is 18.6. The fourth-order valence-corrected chi connectivity index (χ4v) is 2.68. The van der Waals surface area contributed by atoms with Crippen molar-refractivity contribution in [1.82, 2.24) is 5.32 Å². The first kappa shape index (κ1) is 11.7. The average molecular weight is 275 g/mol. The Kier molecular flexibility index (Phi) is 2.68. The highest BCUT2D eigenvalue weighted by molar-refractivity contribution is 7.10. The van der Waals surface area contributed by atoms with Gasteiger partial charge in [0.2, 0.25) is 0 Å². The minimum absolute atomic E-state index is 0.0923. The monoisotopic (exact) mass is 275 g/mol. The van der Waals surface area contributed by atoms with Crippen LogP contribution >= 0.6 is 11.3 Å². The van der Waals surface area contributed by atoms with E-state index in [1.165, 1.54) is 23.5 Å². The zero-order chi connectivity index (χ0) is 13.4. The first-order valence-electron chi connectivity index (χ1n) is 5.54. The molecule has 6 nitrogen and oxygen atoms in total. The Bertz CT molecular complexity index is 654. The first-order chi connectivity index (χ1) is 9.15. The minimum Gasteiger partial charge on any atom is -0.360 e. The molecule has 1 aliphatic rings. The molecule has 7 heteroatoms.